The minimum Gasteiger partial charge on any atom is -0.423 e. The second-order valence-corrected chi connectivity index (χ2v) is 6.09. The smallest absolute Gasteiger partial charge is 0.234 e. The number of sulfone groups is 1. The van der Waals surface area contributed by atoms with Crippen LogP contribution in [0.3, 0.4) is 0 Å². The van der Waals surface area contributed by atoms with E-state index in [0.717, 1.165) is 12.8 Å². The highest BCUT2D eigenvalue weighted by molar-refractivity contribution is 7.91. The van der Waals surface area contributed by atoms with Gasteiger partial charge in [-0.05, 0) is 12.8 Å². The average Bonchev–Trinajstić information content (AvgIpc) is 2.65. The highest BCUT2D eigenvalue weighted by Gasteiger charge is 2.34. The molecule has 1 aliphatic rings. The van der Waals surface area contributed by atoms with E-state index in [1.807, 2.05) is 0 Å². The van der Waals surface area contributed by atoms with Crippen molar-refractivity contribution < 1.29 is 12.8 Å². The maximum Gasteiger partial charge on any atom is 0.234 e. The first-order chi connectivity index (χ1) is 7.13. The van der Waals surface area contributed by atoms with E-state index >= 15 is 0 Å². The lowest BCUT2D eigenvalue weighted by Gasteiger charge is -2.18. The van der Waals surface area contributed by atoms with E-state index in [1.54, 1.807) is 0 Å². The van der Waals surface area contributed by atoms with Crippen LogP contribution in [-0.2, 0) is 15.7 Å². The number of halogens is 1. The van der Waals surface area contributed by atoms with Gasteiger partial charge in [0.15, 0.2) is 9.84 Å². The van der Waals surface area contributed by atoms with Gasteiger partial charge < -0.3 is 4.42 Å². The summed E-state index contributed by atoms with van der Waals surface area (Å²) in [7, 11) is -3.11. The predicted molar refractivity (Wildman–Crippen MR) is 54.2 cm³/mol. The molecule has 0 N–H and O–H groups in total. The number of hydrogen-bond donors (Lipinski definition) is 0. The van der Waals surface area contributed by atoms with Crippen LogP contribution < -0.4 is 0 Å². The SMILES string of the molecule is O=S1(=O)CCCCC1c1nnc(CCl)o1. The molecule has 5 nitrogen and oxygen atoms in total. The summed E-state index contributed by atoms with van der Waals surface area (Å²) < 4.78 is 28.6. The van der Waals surface area contributed by atoms with Crippen molar-refractivity contribution in [3.63, 3.8) is 0 Å². The van der Waals surface area contributed by atoms with Crippen LogP contribution in [0.1, 0.15) is 36.3 Å². The van der Waals surface area contributed by atoms with Gasteiger partial charge in [-0.1, -0.05) is 6.42 Å². The summed E-state index contributed by atoms with van der Waals surface area (Å²) in [6.45, 7) is 0. The normalized spacial score (nSPS) is 25.3. The standard InChI is InChI=1S/C8H11ClN2O3S/c9-5-7-10-11-8(14-7)6-3-1-2-4-15(6,12)13/h6H,1-5H2. The minimum atomic E-state index is -3.11. The molecule has 1 aromatic rings. The molecular weight excluding hydrogens is 240 g/mol. The summed E-state index contributed by atoms with van der Waals surface area (Å²) in [5, 5.41) is 6.76. The molecule has 84 valence electrons. The molecule has 0 bridgehead atoms. The summed E-state index contributed by atoms with van der Waals surface area (Å²) in [6, 6.07) is 0. The zero-order valence-electron chi connectivity index (χ0n) is 8.02. The predicted octanol–water partition coefficient (Wildman–Crippen LogP) is 1.45. The van der Waals surface area contributed by atoms with Crippen molar-refractivity contribution in [2.45, 2.75) is 30.4 Å². The molecule has 1 aromatic heterocycles. The summed E-state index contributed by atoms with van der Waals surface area (Å²) in [4.78, 5) is 0. The fraction of sp³-hybridized carbons (Fsp3) is 0.750. The first-order valence-electron chi connectivity index (χ1n) is 4.73. The molecule has 2 heterocycles. The van der Waals surface area contributed by atoms with Crippen LogP contribution >= 0.6 is 11.6 Å². The molecule has 7 heteroatoms. The highest BCUT2D eigenvalue weighted by Crippen LogP contribution is 2.32. The van der Waals surface area contributed by atoms with E-state index in [2.05, 4.69) is 10.2 Å². The van der Waals surface area contributed by atoms with E-state index in [0.29, 0.717) is 6.42 Å². The van der Waals surface area contributed by atoms with E-state index in [-0.39, 0.29) is 23.4 Å². The third-order valence-corrected chi connectivity index (χ3v) is 4.84. The summed E-state index contributed by atoms with van der Waals surface area (Å²) in [6.07, 6.45) is 2.16. The van der Waals surface area contributed by atoms with Crippen molar-refractivity contribution in [2.75, 3.05) is 5.75 Å². The lowest BCUT2D eigenvalue weighted by Crippen LogP contribution is -2.21. The van der Waals surface area contributed by atoms with Crippen LogP contribution in [0.15, 0.2) is 4.42 Å². The van der Waals surface area contributed by atoms with Crippen LogP contribution in [0.4, 0.5) is 0 Å². The second-order valence-electron chi connectivity index (χ2n) is 3.52. The number of rotatable bonds is 2. The van der Waals surface area contributed by atoms with Crippen LogP contribution in [0.2, 0.25) is 0 Å². The fourth-order valence-electron chi connectivity index (χ4n) is 1.68. The van der Waals surface area contributed by atoms with Crippen LogP contribution in [0, 0.1) is 0 Å². The molecule has 1 aliphatic heterocycles. The lowest BCUT2D eigenvalue weighted by atomic mass is 10.2. The van der Waals surface area contributed by atoms with Gasteiger partial charge in [0.05, 0.1) is 5.75 Å². The fourth-order valence-corrected chi connectivity index (χ4v) is 3.61. The second kappa shape index (κ2) is 4.09. The van der Waals surface area contributed by atoms with Gasteiger partial charge in [-0.3, -0.25) is 0 Å². The maximum absolute atomic E-state index is 11.7. The van der Waals surface area contributed by atoms with Gasteiger partial charge in [0.2, 0.25) is 11.8 Å². The minimum absolute atomic E-state index is 0.111. The third-order valence-electron chi connectivity index (χ3n) is 2.45. The Morgan fingerprint density at radius 3 is 2.80 bits per heavy atom. The van der Waals surface area contributed by atoms with Crippen molar-refractivity contribution in [1.29, 1.82) is 0 Å². The largest absolute Gasteiger partial charge is 0.423 e. The zero-order valence-corrected chi connectivity index (χ0v) is 9.59. The number of nitrogens with zero attached hydrogens (tertiary/aromatic N) is 2. The summed E-state index contributed by atoms with van der Waals surface area (Å²) in [5.74, 6) is 0.772. The Labute approximate surface area is 92.7 Å². The van der Waals surface area contributed by atoms with Gasteiger partial charge in [-0.25, -0.2) is 8.42 Å². The number of hydrogen-bond acceptors (Lipinski definition) is 5. The van der Waals surface area contributed by atoms with Crippen molar-refractivity contribution in [3.05, 3.63) is 11.8 Å². The van der Waals surface area contributed by atoms with Gasteiger partial charge in [-0.15, -0.1) is 21.8 Å². The monoisotopic (exact) mass is 250 g/mol. The van der Waals surface area contributed by atoms with Crippen molar-refractivity contribution in [2.24, 2.45) is 0 Å². The molecule has 1 unspecified atom stereocenters. The Morgan fingerprint density at radius 2 is 2.20 bits per heavy atom. The molecule has 15 heavy (non-hydrogen) atoms. The van der Waals surface area contributed by atoms with Crippen LogP contribution in [0.25, 0.3) is 0 Å². The average molecular weight is 251 g/mol. The molecule has 0 amide bonds. The molecule has 0 aliphatic carbocycles. The Kier molecular flexibility index (Phi) is 2.97. The molecule has 1 fully saturated rings. The molecule has 0 spiro atoms. The Morgan fingerprint density at radius 1 is 1.40 bits per heavy atom. The van der Waals surface area contributed by atoms with Gasteiger partial charge in [-0.2, -0.15) is 0 Å². The molecule has 0 radical (unpaired) electrons. The van der Waals surface area contributed by atoms with Gasteiger partial charge in [0, 0.05) is 0 Å². The maximum atomic E-state index is 11.7. The molecule has 0 aromatic carbocycles. The zero-order chi connectivity index (χ0) is 10.9. The Hall–Kier alpha value is -0.620. The lowest BCUT2D eigenvalue weighted by molar-refractivity contribution is 0.433. The van der Waals surface area contributed by atoms with Gasteiger partial charge in [0.25, 0.3) is 0 Å². The highest BCUT2D eigenvalue weighted by atomic mass is 35.5. The molecule has 2 rings (SSSR count). The Balaban J connectivity index is 2.29. The summed E-state index contributed by atoms with van der Waals surface area (Å²) >= 11 is 5.50. The first-order valence-corrected chi connectivity index (χ1v) is 6.98. The summed E-state index contributed by atoms with van der Waals surface area (Å²) in [5.41, 5.74) is 0. The third kappa shape index (κ3) is 2.15. The molecule has 1 saturated heterocycles. The van der Waals surface area contributed by atoms with Crippen molar-refractivity contribution >= 4 is 21.4 Å². The van der Waals surface area contributed by atoms with E-state index in [9.17, 15) is 8.42 Å². The van der Waals surface area contributed by atoms with E-state index in [1.165, 1.54) is 0 Å². The van der Waals surface area contributed by atoms with Crippen LogP contribution in [0.5, 0.6) is 0 Å². The Bertz CT molecular complexity index is 442. The number of aromatic nitrogens is 2. The van der Waals surface area contributed by atoms with Crippen molar-refractivity contribution in [3.8, 4) is 0 Å². The molecular formula is C8H11ClN2O3S. The quantitative estimate of drug-likeness (QED) is 0.743. The molecule has 0 saturated carbocycles. The van der Waals surface area contributed by atoms with Gasteiger partial charge in [0.1, 0.15) is 11.1 Å². The van der Waals surface area contributed by atoms with Crippen LogP contribution in [-0.4, -0.2) is 24.4 Å². The van der Waals surface area contributed by atoms with E-state index in [4.69, 9.17) is 16.0 Å². The van der Waals surface area contributed by atoms with Crippen molar-refractivity contribution in [1.82, 2.24) is 10.2 Å². The number of alkyl halides is 1. The molecule has 1 atom stereocenters. The van der Waals surface area contributed by atoms with E-state index < -0.39 is 15.1 Å². The van der Waals surface area contributed by atoms with Gasteiger partial charge >= 0.3 is 0 Å². The first kappa shape index (κ1) is 10.9. The topological polar surface area (TPSA) is 73.1 Å².